The van der Waals surface area contributed by atoms with Crippen LogP contribution in [0.15, 0.2) is 24.3 Å². The molecule has 0 spiro atoms. The summed E-state index contributed by atoms with van der Waals surface area (Å²) in [6.45, 7) is 4.91. The highest BCUT2D eigenvalue weighted by molar-refractivity contribution is 5.30. The maximum Gasteiger partial charge on any atom is 0.119 e. The average Bonchev–Trinajstić information content (AvgIpc) is 2.49. The molecule has 1 rings (SSSR count). The summed E-state index contributed by atoms with van der Waals surface area (Å²) in [6.07, 6.45) is 2.96. The molecule has 2 atom stereocenters. The van der Waals surface area contributed by atoms with Gasteiger partial charge in [0.2, 0.25) is 0 Å². The lowest BCUT2D eigenvalue weighted by Crippen LogP contribution is -2.36. The molecule has 2 unspecified atom stereocenters. The van der Waals surface area contributed by atoms with E-state index in [4.69, 9.17) is 4.74 Å². The molecular formula is C16H27NO3. The van der Waals surface area contributed by atoms with Crippen LogP contribution in [0.1, 0.15) is 44.7 Å². The van der Waals surface area contributed by atoms with Crippen molar-refractivity contribution in [2.24, 2.45) is 0 Å². The van der Waals surface area contributed by atoms with E-state index in [9.17, 15) is 10.2 Å². The van der Waals surface area contributed by atoms with Crippen LogP contribution in [0.3, 0.4) is 0 Å². The van der Waals surface area contributed by atoms with Gasteiger partial charge in [-0.15, -0.1) is 0 Å². The minimum Gasteiger partial charge on any atom is -0.494 e. The van der Waals surface area contributed by atoms with Crippen molar-refractivity contribution in [3.63, 3.8) is 0 Å². The van der Waals surface area contributed by atoms with Crippen LogP contribution in [0, 0.1) is 0 Å². The van der Waals surface area contributed by atoms with Gasteiger partial charge < -0.3 is 20.3 Å². The normalized spacial score (nSPS) is 14.0. The lowest BCUT2D eigenvalue weighted by atomic mass is 10.1. The van der Waals surface area contributed by atoms with Crippen molar-refractivity contribution in [1.29, 1.82) is 0 Å². The Morgan fingerprint density at radius 2 is 2.00 bits per heavy atom. The number of hydrogen-bond acceptors (Lipinski definition) is 4. The van der Waals surface area contributed by atoms with E-state index in [1.165, 1.54) is 0 Å². The van der Waals surface area contributed by atoms with Gasteiger partial charge in [0.1, 0.15) is 5.75 Å². The number of nitrogens with one attached hydrogen (secondary N) is 1. The van der Waals surface area contributed by atoms with E-state index in [1.54, 1.807) is 0 Å². The van der Waals surface area contributed by atoms with Gasteiger partial charge in [-0.1, -0.05) is 32.4 Å². The second-order valence-electron chi connectivity index (χ2n) is 4.96. The average molecular weight is 281 g/mol. The second kappa shape index (κ2) is 9.75. The molecule has 0 saturated carbocycles. The number of rotatable bonds is 10. The third-order valence-electron chi connectivity index (χ3n) is 3.36. The van der Waals surface area contributed by atoms with Gasteiger partial charge in [0, 0.05) is 6.04 Å². The van der Waals surface area contributed by atoms with Crippen LogP contribution in [0.25, 0.3) is 0 Å². The van der Waals surface area contributed by atoms with Gasteiger partial charge in [0.05, 0.1) is 25.9 Å². The Hall–Kier alpha value is -1.10. The molecule has 1 aromatic carbocycles. The Bertz CT molecular complexity index is 366. The van der Waals surface area contributed by atoms with E-state index >= 15 is 0 Å². The molecule has 0 heterocycles. The Balaban J connectivity index is 2.69. The standard InChI is InChI=1S/C16H27NO3/c1-3-5-9-20-15-8-6-7-13(10-15)16(12-19)17-14(4-2)11-18/h6-8,10,14,16-19H,3-5,9,11-12H2,1-2H3. The zero-order valence-corrected chi connectivity index (χ0v) is 12.5. The fourth-order valence-electron chi connectivity index (χ4n) is 1.99. The van der Waals surface area contributed by atoms with E-state index < -0.39 is 0 Å². The fourth-order valence-corrected chi connectivity index (χ4v) is 1.99. The summed E-state index contributed by atoms with van der Waals surface area (Å²) in [4.78, 5) is 0. The summed E-state index contributed by atoms with van der Waals surface area (Å²) >= 11 is 0. The van der Waals surface area contributed by atoms with Crippen molar-refractivity contribution >= 4 is 0 Å². The number of unbranched alkanes of at least 4 members (excludes halogenated alkanes) is 1. The van der Waals surface area contributed by atoms with Gasteiger partial charge in [0.15, 0.2) is 0 Å². The van der Waals surface area contributed by atoms with Crippen LogP contribution < -0.4 is 10.1 Å². The summed E-state index contributed by atoms with van der Waals surface area (Å²) in [5, 5.41) is 22.0. The predicted molar refractivity (Wildman–Crippen MR) is 81.0 cm³/mol. The maximum atomic E-state index is 9.54. The van der Waals surface area contributed by atoms with Crippen LogP contribution in [0.5, 0.6) is 5.75 Å². The minimum absolute atomic E-state index is 0.00295. The van der Waals surface area contributed by atoms with Crippen LogP contribution in [0.2, 0.25) is 0 Å². The Morgan fingerprint density at radius 1 is 1.20 bits per heavy atom. The van der Waals surface area contributed by atoms with Crippen LogP contribution in [-0.4, -0.2) is 36.1 Å². The van der Waals surface area contributed by atoms with Gasteiger partial charge in [-0.3, -0.25) is 0 Å². The number of aliphatic hydroxyl groups is 2. The zero-order valence-electron chi connectivity index (χ0n) is 12.5. The Morgan fingerprint density at radius 3 is 2.60 bits per heavy atom. The molecule has 0 saturated heterocycles. The molecule has 0 aliphatic rings. The lowest BCUT2D eigenvalue weighted by Gasteiger charge is -2.23. The van der Waals surface area contributed by atoms with E-state index in [2.05, 4.69) is 12.2 Å². The molecule has 114 valence electrons. The lowest BCUT2D eigenvalue weighted by molar-refractivity contribution is 0.191. The summed E-state index contributed by atoms with van der Waals surface area (Å²) in [5.74, 6) is 0.827. The molecular weight excluding hydrogens is 254 g/mol. The highest BCUT2D eigenvalue weighted by atomic mass is 16.5. The summed E-state index contributed by atoms with van der Waals surface area (Å²) in [6, 6.07) is 7.59. The first kappa shape index (κ1) is 17.0. The molecule has 3 N–H and O–H groups in total. The van der Waals surface area contributed by atoms with E-state index in [0.717, 1.165) is 30.6 Å². The van der Waals surface area contributed by atoms with E-state index in [0.29, 0.717) is 6.61 Å². The van der Waals surface area contributed by atoms with Crippen molar-refractivity contribution in [1.82, 2.24) is 5.32 Å². The smallest absolute Gasteiger partial charge is 0.119 e. The summed E-state index contributed by atoms with van der Waals surface area (Å²) < 4.78 is 5.68. The Kier molecular flexibility index (Phi) is 8.26. The first-order valence-corrected chi connectivity index (χ1v) is 7.45. The number of benzene rings is 1. The zero-order chi connectivity index (χ0) is 14.8. The molecule has 4 nitrogen and oxygen atoms in total. The highest BCUT2D eigenvalue weighted by Crippen LogP contribution is 2.20. The van der Waals surface area contributed by atoms with Crippen molar-refractivity contribution in [3.05, 3.63) is 29.8 Å². The quantitative estimate of drug-likeness (QED) is 0.576. The molecule has 0 aliphatic heterocycles. The molecule has 0 fully saturated rings. The first-order valence-electron chi connectivity index (χ1n) is 7.45. The second-order valence-corrected chi connectivity index (χ2v) is 4.96. The number of ether oxygens (including phenoxy) is 1. The van der Waals surface area contributed by atoms with Crippen LogP contribution in [0.4, 0.5) is 0 Å². The van der Waals surface area contributed by atoms with Crippen molar-refractivity contribution < 1.29 is 14.9 Å². The van der Waals surface area contributed by atoms with Crippen LogP contribution >= 0.6 is 0 Å². The van der Waals surface area contributed by atoms with E-state index in [-0.39, 0.29) is 25.3 Å². The van der Waals surface area contributed by atoms with Gasteiger partial charge >= 0.3 is 0 Å². The van der Waals surface area contributed by atoms with Crippen molar-refractivity contribution in [2.45, 2.75) is 45.2 Å². The Labute approximate surface area is 121 Å². The number of aliphatic hydroxyl groups excluding tert-OH is 2. The highest BCUT2D eigenvalue weighted by Gasteiger charge is 2.15. The topological polar surface area (TPSA) is 61.7 Å². The summed E-state index contributed by atoms with van der Waals surface area (Å²) in [7, 11) is 0. The molecule has 4 heteroatoms. The summed E-state index contributed by atoms with van der Waals surface area (Å²) in [5.41, 5.74) is 0.980. The fraction of sp³-hybridized carbons (Fsp3) is 0.625. The monoisotopic (exact) mass is 281 g/mol. The molecule has 0 radical (unpaired) electrons. The molecule has 0 aromatic heterocycles. The maximum absolute atomic E-state index is 9.54. The van der Waals surface area contributed by atoms with Crippen LogP contribution in [-0.2, 0) is 0 Å². The largest absolute Gasteiger partial charge is 0.494 e. The molecule has 1 aromatic rings. The van der Waals surface area contributed by atoms with Gasteiger partial charge in [-0.25, -0.2) is 0 Å². The number of hydrogen-bond donors (Lipinski definition) is 3. The molecule has 0 amide bonds. The van der Waals surface area contributed by atoms with Crippen molar-refractivity contribution in [2.75, 3.05) is 19.8 Å². The minimum atomic E-state index is -0.179. The van der Waals surface area contributed by atoms with Gasteiger partial charge in [-0.2, -0.15) is 0 Å². The molecule has 0 bridgehead atoms. The van der Waals surface area contributed by atoms with Crippen molar-refractivity contribution in [3.8, 4) is 5.75 Å². The third kappa shape index (κ3) is 5.49. The third-order valence-corrected chi connectivity index (χ3v) is 3.36. The molecule has 20 heavy (non-hydrogen) atoms. The van der Waals surface area contributed by atoms with E-state index in [1.807, 2.05) is 31.2 Å². The van der Waals surface area contributed by atoms with Gasteiger partial charge in [-0.05, 0) is 30.5 Å². The first-order chi connectivity index (χ1) is 9.74. The predicted octanol–water partition coefficient (Wildman–Crippen LogP) is 2.26. The molecule has 0 aliphatic carbocycles. The van der Waals surface area contributed by atoms with Gasteiger partial charge in [0.25, 0.3) is 0 Å². The SMILES string of the molecule is CCCCOc1cccc(C(CO)NC(CC)CO)c1.